The number of carbonyl (C=O) groups is 1. The maximum absolute atomic E-state index is 12.8. The number of hydrogen-bond acceptors (Lipinski definition) is 3. The number of aromatic amines is 1. The monoisotopic (exact) mass is 398 g/mol. The number of likely N-dealkylation sites (tertiary alicyclic amines) is 1. The lowest BCUT2D eigenvalue weighted by atomic mass is 10.1. The summed E-state index contributed by atoms with van der Waals surface area (Å²) in [4.78, 5) is 34.8. The first-order chi connectivity index (χ1) is 14.6. The third-order valence-electron chi connectivity index (χ3n) is 5.80. The summed E-state index contributed by atoms with van der Waals surface area (Å²) in [6.45, 7) is 3.17. The average molecular weight is 398 g/mol. The minimum absolute atomic E-state index is 0.0497. The Labute approximate surface area is 173 Å². The van der Waals surface area contributed by atoms with Gasteiger partial charge in [0.15, 0.2) is 0 Å². The van der Waals surface area contributed by atoms with Crippen LogP contribution in [0.2, 0.25) is 0 Å². The maximum atomic E-state index is 12.8. The number of rotatable bonds is 4. The molecule has 0 bridgehead atoms. The topological polar surface area (TPSA) is 71.0 Å². The Bertz CT molecular complexity index is 1290. The minimum atomic E-state index is -0.172. The molecule has 5 rings (SSSR count). The molecule has 2 aromatic heterocycles. The number of carbonyl (C=O) groups excluding carboxylic acids is 1. The van der Waals surface area contributed by atoms with Gasteiger partial charge >= 0.3 is 0 Å². The van der Waals surface area contributed by atoms with E-state index in [1.165, 1.54) is 0 Å². The van der Waals surface area contributed by atoms with Crippen LogP contribution < -0.4 is 5.56 Å². The van der Waals surface area contributed by atoms with Gasteiger partial charge in [-0.25, -0.2) is 4.98 Å². The van der Waals surface area contributed by atoms with E-state index in [0.717, 1.165) is 22.0 Å². The van der Waals surface area contributed by atoms with Crippen LogP contribution in [-0.4, -0.2) is 31.9 Å². The molecule has 4 aromatic rings. The Morgan fingerprint density at radius 3 is 2.77 bits per heavy atom. The zero-order valence-electron chi connectivity index (χ0n) is 16.7. The van der Waals surface area contributed by atoms with Crippen molar-refractivity contribution in [3.63, 3.8) is 0 Å². The summed E-state index contributed by atoms with van der Waals surface area (Å²) in [6, 6.07) is 17.8. The first-order valence-electron chi connectivity index (χ1n) is 10.1. The molecule has 0 spiro atoms. The average Bonchev–Trinajstić information content (AvgIpc) is 3.36. The van der Waals surface area contributed by atoms with Crippen molar-refractivity contribution in [2.45, 2.75) is 25.9 Å². The summed E-state index contributed by atoms with van der Waals surface area (Å²) in [7, 11) is 0. The molecule has 1 aliphatic rings. The molecule has 1 aliphatic heterocycles. The molecule has 1 N–H and O–H groups in total. The van der Waals surface area contributed by atoms with Gasteiger partial charge in [-0.05, 0) is 29.5 Å². The fraction of sp³-hybridized carbons (Fsp3) is 0.208. The standard InChI is InChI=1S/C24H22N4O2/c1-16-6-5-9-18-12-20(24(30)26-22(16)18)23-25-10-11-28(23)19-13-21(29)27(15-19)14-17-7-3-2-4-8-17/h2-12,19H,13-15H2,1H3,(H,26,30). The lowest BCUT2D eigenvalue weighted by molar-refractivity contribution is -0.128. The minimum Gasteiger partial charge on any atom is -0.336 e. The fourth-order valence-corrected chi connectivity index (χ4v) is 4.26. The van der Waals surface area contributed by atoms with Crippen LogP contribution >= 0.6 is 0 Å². The van der Waals surface area contributed by atoms with E-state index in [2.05, 4.69) is 9.97 Å². The van der Waals surface area contributed by atoms with E-state index in [-0.39, 0.29) is 17.5 Å². The van der Waals surface area contributed by atoms with Gasteiger partial charge in [-0.15, -0.1) is 0 Å². The highest BCUT2D eigenvalue weighted by atomic mass is 16.2. The van der Waals surface area contributed by atoms with Crippen molar-refractivity contribution in [1.29, 1.82) is 0 Å². The van der Waals surface area contributed by atoms with E-state index in [1.807, 2.05) is 77.2 Å². The number of benzene rings is 2. The van der Waals surface area contributed by atoms with Crippen LogP contribution in [0.4, 0.5) is 0 Å². The molecule has 1 amide bonds. The maximum Gasteiger partial charge on any atom is 0.259 e. The van der Waals surface area contributed by atoms with Gasteiger partial charge in [0.25, 0.3) is 5.56 Å². The number of aryl methyl sites for hydroxylation is 1. The SMILES string of the molecule is Cc1cccc2cc(-c3nccn3C3CC(=O)N(Cc4ccccc4)C3)c(=O)[nH]c12. The molecule has 1 unspecified atom stereocenters. The molecule has 2 aromatic carbocycles. The number of aromatic nitrogens is 3. The highest BCUT2D eigenvalue weighted by Crippen LogP contribution is 2.29. The molecule has 0 saturated carbocycles. The molecule has 6 heteroatoms. The Hall–Kier alpha value is -3.67. The van der Waals surface area contributed by atoms with Gasteiger partial charge in [-0.2, -0.15) is 0 Å². The second-order valence-corrected chi connectivity index (χ2v) is 7.83. The van der Waals surface area contributed by atoms with E-state index in [4.69, 9.17) is 0 Å². The Kier molecular flexibility index (Phi) is 4.47. The van der Waals surface area contributed by atoms with Crippen molar-refractivity contribution in [2.75, 3.05) is 6.54 Å². The lowest BCUT2D eigenvalue weighted by Gasteiger charge is -2.18. The number of H-pyrrole nitrogens is 1. The smallest absolute Gasteiger partial charge is 0.259 e. The number of fused-ring (bicyclic) bond motifs is 1. The highest BCUT2D eigenvalue weighted by molar-refractivity contribution is 5.85. The van der Waals surface area contributed by atoms with Crippen molar-refractivity contribution in [3.05, 3.63) is 88.5 Å². The van der Waals surface area contributed by atoms with Crippen LogP contribution in [0.25, 0.3) is 22.3 Å². The molecule has 6 nitrogen and oxygen atoms in total. The first kappa shape index (κ1) is 18.4. The summed E-state index contributed by atoms with van der Waals surface area (Å²) < 4.78 is 1.97. The summed E-state index contributed by atoms with van der Waals surface area (Å²) in [5.41, 5.74) is 3.33. The van der Waals surface area contributed by atoms with Gasteiger partial charge in [-0.3, -0.25) is 9.59 Å². The number of nitrogens with zero attached hydrogens (tertiary/aromatic N) is 3. The summed E-state index contributed by atoms with van der Waals surface area (Å²) >= 11 is 0. The van der Waals surface area contributed by atoms with Gasteiger partial charge in [0, 0.05) is 31.9 Å². The predicted octanol–water partition coefficient (Wildman–Crippen LogP) is 3.67. The largest absolute Gasteiger partial charge is 0.336 e. The number of imidazole rings is 1. The molecule has 1 fully saturated rings. The molecule has 1 saturated heterocycles. The quantitative estimate of drug-likeness (QED) is 0.570. The van der Waals surface area contributed by atoms with Crippen LogP contribution in [-0.2, 0) is 11.3 Å². The number of para-hydroxylation sites is 1. The van der Waals surface area contributed by atoms with E-state index >= 15 is 0 Å². The highest BCUT2D eigenvalue weighted by Gasteiger charge is 2.32. The van der Waals surface area contributed by atoms with E-state index in [0.29, 0.717) is 30.9 Å². The zero-order chi connectivity index (χ0) is 20.7. The first-order valence-corrected chi connectivity index (χ1v) is 10.1. The van der Waals surface area contributed by atoms with Crippen LogP contribution in [0.1, 0.15) is 23.6 Å². The van der Waals surface area contributed by atoms with Crippen LogP contribution in [0.3, 0.4) is 0 Å². The molecular weight excluding hydrogens is 376 g/mol. The van der Waals surface area contributed by atoms with Crippen molar-refractivity contribution in [1.82, 2.24) is 19.4 Å². The van der Waals surface area contributed by atoms with Crippen LogP contribution in [0, 0.1) is 6.92 Å². The van der Waals surface area contributed by atoms with E-state index in [9.17, 15) is 9.59 Å². The molecule has 0 aliphatic carbocycles. The predicted molar refractivity (Wildman–Crippen MR) is 116 cm³/mol. The summed E-state index contributed by atoms with van der Waals surface area (Å²) in [6.07, 6.45) is 3.96. The normalized spacial score (nSPS) is 16.5. The number of amides is 1. The second-order valence-electron chi connectivity index (χ2n) is 7.83. The van der Waals surface area contributed by atoms with Crippen LogP contribution in [0.15, 0.2) is 71.8 Å². The third-order valence-corrected chi connectivity index (χ3v) is 5.80. The van der Waals surface area contributed by atoms with Crippen molar-refractivity contribution >= 4 is 16.8 Å². The van der Waals surface area contributed by atoms with Gasteiger partial charge in [-0.1, -0.05) is 48.5 Å². The number of pyridine rings is 1. The van der Waals surface area contributed by atoms with Crippen LogP contribution in [0.5, 0.6) is 0 Å². The van der Waals surface area contributed by atoms with Crippen molar-refractivity contribution < 1.29 is 4.79 Å². The summed E-state index contributed by atoms with van der Waals surface area (Å²) in [5.74, 6) is 0.713. The number of nitrogens with one attached hydrogen (secondary N) is 1. The Balaban J connectivity index is 1.47. The number of hydrogen-bond donors (Lipinski definition) is 1. The Morgan fingerprint density at radius 2 is 1.93 bits per heavy atom. The lowest BCUT2D eigenvalue weighted by Crippen LogP contribution is -2.25. The van der Waals surface area contributed by atoms with Gasteiger partial charge < -0.3 is 14.5 Å². The van der Waals surface area contributed by atoms with Crippen molar-refractivity contribution in [3.8, 4) is 11.4 Å². The molecular formula is C24H22N4O2. The fourth-order valence-electron chi connectivity index (χ4n) is 4.26. The molecule has 1 atom stereocenters. The van der Waals surface area contributed by atoms with Gasteiger partial charge in [0.1, 0.15) is 5.82 Å². The summed E-state index contributed by atoms with van der Waals surface area (Å²) in [5, 5.41) is 0.965. The molecule has 30 heavy (non-hydrogen) atoms. The van der Waals surface area contributed by atoms with Gasteiger partial charge in [0.2, 0.25) is 5.91 Å². The zero-order valence-corrected chi connectivity index (χ0v) is 16.7. The second kappa shape index (κ2) is 7.30. The third kappa shape index (κ3) is 3.20. The van der Waals surface area contributed by atoms with Crippen molar-refractivity contribution in [2.24, 2.45) is 0 Å². The molecule has 150 valence electrons. The van der Waals surface area contributed by atoms with E-state index in [1.54, 1.807) is 6.20 Å². The molecule has 3 heterocycles. The Morgan fingerprint density at radius 1 is 1.10 bits per heavy atom. The van der Waals surface area contributed by atoms with Gasteiger partial charge in [0.05, 0.1) is 17.1 Å². The molecule has 0 radical (unpaired) electrons. The van der Waals surface area contributed by atoms with E-state index < -0.39 is 0 Å².